The molecule has 2 aliphatic carbocycles. The van der Waals surface area contributed by atoms with Crippen molar-refractivity contribution in [3.8, 4) is 0 Å². The molecule has 0 aliphatic heterocycles. The molecule has 2 saturated carbocycles. The van der Waals surface area contributed by atoms with Crippen molar-refractivity contribution in [3.05, 3.63) is 0 Å². The highest BCUT2D eigenvalue weighted by Gasteiger charge is 2.32. The summed E-state index contributed by atoms with van der Waals surface area (Å²) < 4.78 is 0. The van der Waals surface area contributed by atoms with Crippen LogP contribution in [0, 0.1) is 11.8 Å². The molecule has 2 nitrogen and oxygen atoms in total. The summed E-state index contributed by atoms with van der Waals surface area (Å²) in [6.45, 7) is 4.72. The number of hydrogen-bond acceptors (Lipinski definition) is 2. The zero-order valence-electron chi connectivity index (χ0n) is 10.8. The van der Waals surface area contributed by atoms with E-state index in [1.54, 1.807) is 0 Å². The second-order valence-electron chi connectivity index (χ2n) is 6.00. The van der Waals surface area contributed by atoms with Crippen LogP contribution in [-0.4, -0.2) is 23.3 Å². The Labute approximate surface area is 99.8 Å². The highest BCUT2D eigenvalue weighted by Crippen LogP contribution is 2.32. The molecular formula is C14H27NO. The molecule has 0 heterocycles. The minimum Gasteiger partial charge on any atom is -0.392 e. The lowest BCUT2D eigenvalue weighted by molar-refractivity contribution is 0.109. The van der Waals surface area contributed by atoms with Crippen molar-refractivity contribution in [1.29, 1.82) is 0 Å². The van der Waals surface area contributed by atoms with Crippen LogP contribution in [0.15, 0.2) is 0 Å². The van der Waals surface area contributed by atoms with Gasteiger partial charge >= 0.3 is 0 Å². The fourth-order valence-electron chi connectivity index (χ4n) is 3.36. The smallest absolute Gasteiger partial charge is 0.0693 e. The normalized spacial score (nSPS) is 45.6. The first-order valence-corrected chi connectivity index (χ1v) is 7.12. The molecule has 94 valence electrons. The molecule has 0 aromatic heterocycles. The van der Waals surface area contributed by atoms with E-state index in [9.17, 15) is 5.11 Å². The number of nitrogens with one attached hydrogen (secondary N) is 1. The minimum atomic E-state index is -0.106. The van der Waals surface area contributed by atoms with Crippen LogP contribution in [0.3, 0.4) is 0 Å². The van der Waals surface area contributed by atoms with Crippen LogP contribution in [0.25, 0.3) is 0 Å². The highest BCUT2D eigenvalue weighted by atomic mass is 16.3. The summed E-state index contributed by atoms with van der Waals surface area (Å²) in [4.78, 5) is 0. The second-order valence-corrected chi connectivity index (χ2v) is 6.00. The summed E-state index contributed by atoms with van der Waals surface area (Å²) in [6.07, 6.45) is 8.48. The summed E-state index contributed by atoms with van der Waals surface area (Å²) in [5, 5.41) is 13.8. The van der Waals surface area contributed by atoms with E-state index >= 15 is 0 Å². The molecule has 0 aromatic rings. The molecule has 0 aromatic carbocycles. The Morgan fingerprint density at radius 1 is 0.875 bits per heavy atom. The Balaban J connectivity index is 1.87. The van der Waals surface area contributed by atoms with Crippen LogP contribution in [0.4, 0.5) is 0 Å². The molecule has 2 heteroatoms. The average Bonchev–Trinajstić information content (AvgIpc) is 2.48. The van der Waals surface area contributed by atoms with Gasteiger partial charge in [0.2, 0.25) is 0 Å². The number of hydrogen-bond donors (Lipinski definition) is 2. The van der Waals surface area contributed by atoms with Crippen LogP contribution in [0.5, 0.6) is 0 Å². The van der Waals surface area contributed by atoms with E-state index in [1.807, 2.05) is 0 Å². The van der Waals surface area contributed by atoms with E-state index < -0.39 is 0 Å². The largest absolute Gasteiger partial charge is 0.392 e. The molecule has 2 aliphatic rings. The van der Waals surface area contributed by atoms with Crippen molar-refractivity contribution in [2.75, 3.05) is 0 Å². The van der Waals surface area contributed by atoms with Crippen LogP contribution in [-0.2, 0) is 0 Å². The fraction of sp³-hybridized carbons (Fsp3) is 1.00. The molecule has 0 bridgehead atoms. The standard InChI is InChI=1S/C14H27NO/c1-10-8-9-12(11(10)2)15-13-6-4-3-5-7-14(13)16/h10-16H,3-9H2,1-2H3. The van der Waals surface area contributed by atoms with Gasteiger partial charge in [0.15, 0.2) is 0 Å². The van der Waals surface area contributed by atoms with Crippen LogP contribution >= 0.6 is 0 Å². The minimum absolute atomic E-state index is 0.106. The van der Waals surface area contributed by atoms with Crippen molar-refractivity contribution >= 4 is 0 Å². The third-order valence-corrected chi connectivity index (χ3v) is 4.87. The van der Waals surface area contributed by atoms with E-state index in [0.29, 0.717) is 12.1 Å². The summed E-state index contributed by atoms with van der Waals surface area (Å²) in [7, 11) is 0. The van der Waals surface area contributed by atoms with Gasteiger partial charge < -0.3 is 10.4 Å². The number of rotatable bonds is 2. The molecule has 5 unspecified atom stereocenters. The van der Waals surface area contributed by atoms with Gasteiger partial charge in [-0.3, -0.25) is 0 Å². The maximum Gasteiger partial charge on any atom is 0.0693 e. The lowest BCUT2D eigenvalue weighted by Crippen LogP contribution is -2.46. The summed E-state index contributed by atoms with van der Waals surface area (Å²) in [5.74, 6) is 1.62. The van der Waals surface area contributed by atoms with Crippen molar-refractivity contribution in [2.24, 2.45) is 11.8 Å². The van der Waals surface area contributed by atoms with Gasteiger partial charge in [0.05, 0.1) is 6.10 Å². The van der Waals surface area contributed by atoms with Crippen LogP contribution in [0.2, 0.25) is 0 Å². The summed E-state index contributed by atoms with van der Waals surface area (Å²) in [6, 6.07) is 1.01. The molecule has 2 rings (SSSR count). The van der Waals surface area contributed by atoms with Crippen LogP contribution < -0.4 is 5.32 Å². The van der Waals surface area contributed by atoms with Crippen LogP contribution in [0.1, 0.15) is 58.8 Å². The molecule has 0 spiro atoms. The quantitative estimate of drug-likeness (QED) is 0.708. The molecule has 16 heavy (non-hydrogen) atoms. The first-order valence-electron chi connectivity index (χ1n) is 7.12. The fourth-order valence-corrected chi connectivity index (χ4v) is 3.36. The Morgan fingerprint density at radius 2 is 1.62 bits per heavy atom. The molecule has 0 radical (unpaired) electrons. The molecule has 0 saturated heterocycles. The second kappa shape index (κ2) is 5.50. The topological polar surface area (TPSA) is 32.3 Å². The van der Waals surface area contributed by atoms with Gasteiger partial charge in [0.25, 0.3) is 0 Å². The van der Waals surface area contributed by atoms with Gasteiger partial charge in [0.1, 0.15) is 0 Å². The SMILES string of the molecule is CC1CCC(NC2CCCCCC2O)C1C. The third-order valence-electron chi connectivity index (χ3n) is 4.87. The van der Waals surface area contributed by atoms with E-state index in [2.05, 4.69) is 19.2 Å². The van der Waals surface area contributed by atoms with Gasteiger partial charge in [-0.15, -0.1) is 0 Å². The first kappa shape index (κ1) is 12.4. The molecular weight excluding hydrogens is 198 g/mol. The van der Waals surface area contributed by atoms with E-state index in [0.717, 1.165) is 18.3 Å². The predicted octanol–water partition coefficient (Wildman–Crippen LogP) is 2.70. The maximum absolute atomic E-state index is 10.1. The number of aliphatic hydroxyl groups is 1. The average molecular weight is 225 g/mol. The Morgan fingerprint density at radius 3 is 2.31 bits per heavy atom. The third kappa shape index (κ3) is 2.78. The van der Waals surface area contributed by atoms with Gasteiger partial charge in [-0.2, -0.15) is 0 Å². The predicted molar refractivity (Wildman–Crippen MR) is 67.4 cm³/mol. The maximum atomic E-state index is 10.1. The summed E-state index contributed by atoms with van der Waals surface area (Å²) >= 11 is 0. The van der Waals surface area contributed by atoms with Crippen molar-refractivity contribution in [1.82, 2.24) is 5.32 Å². The summed E-state index contributed by atoms with van der Waals surface area (Å²) in [5.41, 5.74) is 0. The highest BCUT2D eigenvalue weighted by molar-refractivity contribution is 4.89. The lowest BCUT2D eigenvalue weighted by atomic mass is 9.96. The lowest BCUT2D eigenvalue weighted by Gasteiger charge is -2.28. The Hall–Kier alpha value is -0.0800. The Kier molecular flexibility index (Phi) is 4.26. The van der Waals surface area contributed by atoms with Gasteiger partial charge in [-0.05, 0) is 37.5 Å². The number of aliphatic hydroxyl groups excluding tert-OH is 1. The molecule has 2 fully saturated rings. The Bertz CT molecular complexity index is 219. The van der Waals surface area contributed by atoms with E-state index in [1.165, 1.54) is 38.5 Å². The zero-order chi connectivity index (χ0) is 11.5. The first-order chi connectivity index (χ1) is 7.68. The van der Waals surface area contributed by atoms with Crippen molar-refractivity contribution < 1.29 is 5.11 Å². The van der Waals surface area contributed by atoms with Gasteiger partial charge in [0, 0.05) is 12.1 Å². The molecule has 5 atom stereocenters. The van der Waals surface area contributed by atoms with Crippen molar-refractivity contribution in [2.45, 2.75) is 77.0 Å². The molecule has 0 amide bonds. The molecule has 2 N–H and O–H groups in total. The zero-order valence-corrected chi connectivity index (χ0v) is 10.8. The van der Waals surface area contributed by atoms with Gasteiger partial charge in [-0.1, -0.05) is 33.1 Å². The monoisotopic (exact) mass is 225 g/mol. The van der Waals surface area contributed by atoms with E-state index in [-0.39, 0.29) is 6.10 Å². The van der Waals surface area contributed by atoms with Crippen molar-refractivity contribution in [3.63, 3.8) is 0 Å². The van der Waals surface area contributed by atoms with E-state index in [4.69, 9.17) is 0 Å². The van der Waals surface area contributed by atoms with Gasteiger partial charge in [-0.25, -0.2) is 0 Å².